The Balaban J connectivity index is 2.09. The molecule has 0 saturated heterocycles. The van der Waals surface area contributed by atoms with Crippen LogP contribution < -0.4 is 10.5 Å². The number of benzene rings is 2. The van der Waals surface area contributed by atoms with E-state index in [1.54, 1.807) is 18.2 Å². The molecule has 2 aromatic rings. The average molecular weight is 245 g/mol. The topological polar surface area (TPSA) is 35.2 Å². The van der Waals surface area contributed by atoms with Gasteiger partial charge in [-0.05, 0) is 24.6 Å². The van der Waals surface area contributed by atoms with E-state index in [9.17, 15) is 4.39 Å². The first-order chi connectivity index (χ1) is 8.68. The van der Waals surface area contributed by atoms with E-state index >= 15 is 0 Å². The maximum absolute atomic E-state index is 13.5. The highest BCUT2D eigenvalue weighted by Crippen LogP contribution is 2.22. The minimum atomic E-state index is -0.371. The summed E-state index contributed by atoms with van der Waals surface area (Å²) in [4.78, 5) is 0. The van der Waals surface area contributed by atoms with Gasteiger partial charge in [-0.1, -0.05) is 42.5 Å². The summed E-state index contributed by atoms with van der Waals surface area (Å²) in [5.41, 5.74) is 7.06. The van der Waals surface area contributed by atoms with Gasteiger partial charge in [-0.2, -0.15) is 0 Å². The standard InChI is InChI=1S/C15H16FNO/c1-11(15(17)12-7-3-2-4-8-12)18-14-10-6-5-9-13(14)16/h2-11,15H,17H2,1H3. The first-order valence-corrected chi connectivity index (χ1v) is 5.90. The van der Waals surface area contributed by atoms with Gasteiger partial charge < -0.3 is 10.5 Å². The zero-order valence-electron chi connectivity index (χ0n) is 10.2. The Bertz CT molecular complexity index is 501. The van der Waals surface area contributed by atoms with Crippen molar-refractivity contribution in [2.75, 3.05) is 0 Å². The van der Waals surface area contributed by atoms with Gasteiger partial charge in [0, 0.05) is 0 Å². The molecule has 0 aromatic heterocycles. The van der Waals surface area contributed by atoms with Crippen LogP contribution in [0.15, 0.2) is 54.6 Å². The number of hydrogen-bond donors (Lipinski definition) is 1. The average Bonchev–Trinajstić information content (AvgIpc) is 2.41. The van der Waals surface area contributed by atoms with Gasteiger partial charge in [0.05, 0.1) is 6.04 Å². The van der Waals surface area contributed by atoms with Gasteiger partial charge >= 0.3 is 0 Å². The van der Waals surface area contributed by atoms with Crippen LogP contribution in [0.4, 0.5) is 4.39 Å². The number of nitrogens with two attached hydrogens (primary N) is 1. The molecule has 18 heavy (non-hydrogen) atoms. The fourth-order valence-corrected chi connectivity index (χ4v) is 1.76. The molecule has 0 aliphatic heterocycles. The molecule has 2 aromatic carbocycles. The molecular weight excluding hydrogens is 229 g/mol. The SMILES string of the molecule is CC(Oc1ccccc1F)C(N)c1ccccc1. The molecule has 3 heteroatoms. The van der Waals surface area contributed by atoms with Crippen LogP contribution in [0.2, 0.25) is 0 Å². The summed E-state index contributed by atoms with van der Waals surface area (Å²) in [6.07, 6.45) is -0.302. The van der Waals surface area contributed by atoms with Crippen LogP contribution in [0, 0.1) is 5.82 Å². The maximum Gasteiger partial charge on any atom is 0.165 e. The van der Waals surface area contributed by atoms with Crippen LogP contribution in [0.25, 0.3) is 0 Å². The van der Waals surface area contributed by atoms with Crippen molar-refractivity contribution in [3.05, 3.63) is 66.0 Å². The van der Waals surface area contributed by atoms with Crippen LogP contribution in [-0.2, 0) is 0 Å². The van der Waals surface area contributed by atoms with Crippen molar-refractivity contribution in [3.8, 4) is 5.75 Å². The van der Waals surface area contributed by atoms with E-state index in [1.165, 1.54) is 6.07 Å². The van der Waals surface area contributed by atoms with E-state index < -0.39 is 0 Å². The summed E-state index contributed by atoms with van der Waals surface area (Å²) in [5.74, 6) is -0.138. The van der Waals surface area contributed by atoms with Gasteiger partial charge in [-0.3, -0.25) is 0 Å². The number of hydrogen-bond acceptors (Lipinski definition) is 2. The van der Waals surface area contributed by atoms with Crippen molar-refractivity contribution in [1.82, 2.24) is 0 Å². The molecule has 0 bridgehead atoms. The van der Waals surface area contributed by atoms with Crippen LogP contribution >= 0.6 is 0 Å². The number of halogens is 1. The number of para-hydroxylation sites is 1. The molecule has 0 aliphatic rings. The molecule has 0 heterocycles. The van der Waals surface area contributed by atoms with E-state index in [0.29, 0.717) is 0 Å². The lowest BCUT2D eigenvalue weighted by molar-refractivity contribution is 0.182. The lowest BCUT2D eigenvalue weighted by atomic mass is 10.0. The molecule has 94 valence electrons. The van der Waals surface area contributed by atoms with Crippen molar-refractivity contribution >= 4 is 0 Å². The van der Waals surface area contributed by atoms with E-state index in [4.69, 9.17) is 10.5 Å². The fraction of sp³-hybridized carbons (Fsp3) is 0.200. The normalized spacial score (nSPS) is 13.9. The van der Waals surface area contributed by atoms with Gasteiger partial charge in [0.25, 0.3) is 0 Å². The Morgan fingerprint density at radius 2 is 1.61 bits per heavy atom. The third-order valence-corrected chi connectivity index (χ3v) is 2.84. The van der Waals surface area contributed by atoms with Crippen LogP contribution in [0.1, 0.15) is 18.5 Å². The molecule has 0 spiro atoms. The zero-order chi connectivity index (χ0) is 13.0. The van der Waals surface area contributed by atoms with Crippen molar-refractivity contribution < 1.29 is 9.13 Å². The minimum Gasteiger partial charge on any atom is -0.486 e. The molecule has 0 radical (unpaired) electrons. The second kappa shape index (κ2) is 5.65. The summed E-state index contributed by atoms with van der Waals surface area (Å²) in [7, 11) is 0. The molecule has 2 nitrogen and oxygen atoms in total. The minimum absolute atomic E-state index is 0.233. The summed E-state index contributed by atoms with van der Waals surface area (Å²) in [6.45, 7) is 1.84. The molecule has 0 aliphatic carbocycles. The van der Waals surface area contributed by atoms with E-state index in [0.717, 1.165) is 5.56 Å². The highest BCUT2D eigenvalue weighted by atomic mass is 19.1. The molecule has 2 atom stereocenters. The zero-order valence-corrected chi connectivity index (χ0v) is 10.2. The van der Waals surface area contributed by atoms with Crippen LogP contribution in [-0.4, -0.2) is 6.10 Å². The lowest BCUT2D eigenvalue weighted by Gasteiger charge is -2.22. The summed E-state index contributed by atoms with van der Waals surface area (Å²) >= 11 is 0. The Hall–Kier alpha value is -1.87. The van der Waals surface area contributed by atoms with Gasteiger partial charge in [-0.15, -0.1) is 0 Å². The van der Waals surface area contributed by atoms with Crippen molar-refractivity contribution in [1.29, 1.82) is 0 Å². The highest BCUT2D eigenvalue weighted by Gasteiger charge is 2.17. The monoisotopic (exact) mass is 245 g/mol. The molecule has 0 saturated carbocycles. The smallest absolute Gasteiger partial charge is 0.165 e. The Morgan fingerprint density at radius 3 is 2.28 bits per heavy atom. The third-order valence-electron chi connectivity index (χ3n) is 2.84. The Kier molecular flexibility index (Phi) is 3.95. The van der Waals surface area contributed by atoms with Gasteiger partial charge in [0.15, 0.2) is 11.6 Å². The Labute approximate surface area is 106 Å². The van der Waals surface area contributed by atoms with Crippen molar-refractivity contribution in [3.63, 3.8) is 0 Å². The molecule has 0 fully saturated rings. The predicted octanol–water partition coefficient (Wildman–Crippen LogP) is 3.29. The third kappa shape index (κ3) is 2.87. The second-order valence-corrected chi connectivity index (χ2v) is 4.19. The summed E-state index contributed by atoms with van der Waals surface area (Å²) < 4.78 is 19.0. The maximum atomic E-state index is 13.5. The van der Waals surface area contributed by atoms with Gasteiger partial charge in [0.2, 0.25) is 0 Å². The molecular formula is C15H16FNO. The van der Waals surface area contributed by atoms with Gasteiger partial charge in [-0.25, -0.2) is 4.39 Å². The van der Waals surface area contributed by atoms with Gasteiger partial charge in [0.1, 0.15) is 6.10 Å². The van der Waals surface area contributed by atoms with Crippen LogP contribution in [0.5, 0.6) is 5.75 Å². The number of ether oxygens (including phenoxy) is 1. The Morgan fingerprint density at radius 1 is 1.00 bits per heavy atom. The van der Waals surface area contributed by atoms with E-state index in [2.05, 4.69) is 0 Å². The van der Waals surface area contributed by atoms with E-state index in [1.807, 2.05) is 37.3 Å². The van der Waals surface area contributed by atoms with E-state index in [-0.39, 0.29) is 23.7 Å². The largest absolute Gasteiger partial charge is 0.486 e. The highest BCUT2D eigenvalue weighted by molar-refractivity contribution is 5.25. The first kappa shape index (κ1) is 12.6. The molecule has 2 unspecified atom stereocenters. The van der Waals surface area contributed by atoms with Crippen LogP contribution in [0.3, 0.4) is 0 Å². The predicted molar refractivity (Wildman–Crippen MR) is 69.9 cm³/mol. The summed E-state index contributed by atoms with van der Waals surface area (Å²) in [5, 5.41) is 0. The molecule has 2 rings (SSSR count). The fourth-order valence-electron chi connectivity index (χ4n) is 1.76. The molecule has 2 N–H and O–H groups in total. The second-order valence-electron chi connectivity index (χ2n) is 4.19. The number of rotatable bonds is 4. The van der Waals surface area contributed by atoms with Crippen molar-refractivity contribution in [2.24, 2.45) is 5.73 Å². The summed E-state index contributed by atoms with van der Waals surface area (Å²) in [6, 6.07) is 15.7. The quantitative estimate of drug-likeness (QED) is 0.897. The lowest BCUT2D eigenvalue weighted by Crippen LogP contribution is -2.28. The molecule has 0 amide bonds. The first-order valence-electron chi connectivity index (χ1n) is 5.90. The van der Waals surface area contributed by atoms with Crippen molar-refractivity contribution in [2.45, 2.75) is 19.1 Å².